The first-order valence-corrected chi connectivity index (χ1v) is 8.37. The lowest BCUT2D eigenvalue weighted by Crippen LogP contribution is -2.24. The van der Waals surface area contributed by atoms with Crippen LogP contribution in [0.3, 0.4) is 0 Å². The zero-order valence-electron chi connectivity index (χ0n) is 14.7. The van der Waals surface area contributed by atoms with Gasteiger partial charge in [0.25, 0.3) is 0 Å². The van der Waals surface area contributed by atoms with Crippen LogP contribution in [-0.2, 0) is 17.6 Å². The lowest BCUT2D eigenvalue weighted by atomic mass is 10.1. The first-order chi connectivity index (χ1) is 11.5. The Labute approximate surface area is 143 Å². The van der Waals surface area contributed by atoms with Crippen LogP contribution < -0.4 is 10.2 Å². The number of rotatable bonds is 9. The molecule has 0 radical (unpaired) electrons. The van der Waals surface area contributed by atoms with Gasteiger partial charge in [0.05, 0.1) is 0 Å². The van der Waals surface area contributed by atoms with Crippen LogP contribution in [0.2, 0.25) is 0 Å². The minimum Gasteiger partial charge on any atom is -0.378 e. The van der Waals surface area contributed by atoms with Gasteiger partial charge in [0, 0.05) is 39.2 Å². The number of aromatic nitrogens is 2. The Hall–Kier alpha value is -2.37. The molecule has 1 heterocycles. The first-order valence-electron chi connectivity index (χ1n) is 8.37. The summed E-state index contributed by atoms with van der Waals surface area (Å²) in [4.78, 5) is 18.0. The van der Waals surface area contributed by atoms with E-state index in [9.17, 15) is 4.79 Å². The molecule has 6 nitrogen and oxygen atoms in total. The van der Waals surface area contributed by atoms with Crippen LogP contribution in [0.25, 0.3) is 0 Å². The van der Waals surface area contributed by atoms with Crippen LogP contribution in [-0.4, -0.2) is 36.7 Å². The second-order valence-electron chi connectivity index (χ2n) is 6.10. The van der Waals surface area contributed by atoms with Gasteiger partial charge >= 0.3 is 0 Å². The molecule has 0 aliphatic rings. The van der Waals surface area contributed by atoms with E-state index in [0.29, 0.717) is 31.1 Å². The van der Waals surface area contributed by atoms with Gasteiger partial charge < -0.3 is 14.7 Å². The van der Waals surface area contributed by atoms with E-state index in [4.69, 9.17) is 4.52 Å². The number of amides is 1. The number of benzene rings is 1. The Balaban J connectivity index is 1.57. The molecule has 1 aromatic carbocycles. The number of anilines is 1. The van der Waals surface area contributed by atoms with E-state index >= 15 is 0 Å². The summed E-state index contributed by atoms with van der Waals surface area (Å²) in [6.07, 6.45) is 3.76. The van der Waals surface area contributed by atoms with E-state index < -0.39 is 0 Å². The molecule has 0 saturated heterocycles. The van der Waals surface area contributed by atoms with Crippen molar-refractivity contribution < 1.29 is 9.32 Å². The van der Waals surface area contributed by atoms with Gasteiger partial charge in [-0.2, -0.15) is 4.98 Å². The second kappa shape index (κ2) is 9.05. The summed E-state index contributed by atoms with van der Waals surface area (Å²) in [5.41, 5.74) is 2.49. The fraction of sp³-hybridized carbons (Fsp3) is 0.500. The lowest BCUT2D eigenvalue weighted by Gasteiger charge is -2.12. The molecule has 0 aliphatic heterocycles. The summed E-state index contributed by atoms with van der Waals surface area (Å²) in [5.74, 6) is 1.31. The number of nitrogens with one attached hydrogen (secondary N) is 1. The predicted molar refractivity (Wildman–Crippen MR) is 94.1 cm³/mol. The summed E-state index contributed by atoms with van der Waals surface area (Å²) in [5, 5.41) is 6.69. The van der Waals surface area contributed by atoms with Crippen molar-refractivity contribution in [2.24, 2.45) is 0 Å². The van der Waals surface area contributed by atoms with E-state index in [1.807, 2.05) is 14.1 Å². The third kappa shape index (κ3) is 6.02. The molecule has 130 valence electrons. The highest BCUT2D eigenvalue weighted by Crippen LogP contribution is 2.13. The topological polar surface area (TPSA) is 71.3 Å². The number of carbonyl (C=O) groups is 1. The van der Waals surface area contributed by atoms with Gasteiger partial charge in [-0.05, 0) is 43.9 Å². The molecule has 0 atom stereocenters. The largest absolute Gasteiger partial charge is 0.378 e. The van der Waals surface area contributed by atoms with Crippen molar-refractivity contribution in [3.8, 4) is 0 Å². The average molecular weight is 330 g/mol. The van der Waals surface area contributed by atoms with Crippen molar-refractivity contribution in [3.63, 3.8) is 0 Å². The maximum Gasteiger partial charge on any atom is 0.226 e. The molecule has 24 heavy (non-hydrogen) atoms. The zero-order chi connectivity index (χ0) is 17.4. The number of aryl methyl sites for hydroxylation is 3. The average Bonchev–Trinajstić information content (AvgIpc) is 2.97. The molecule has 0 unspecified atom stereocenters. The van der Waals surface area contributed by atoms with Gasteiger partial charge in [-0.15, -0.1) is 0 Å². The molecule has 0 bridgehead atoms. The standard InChI is InChI=1S/C18H26N4O2/c1-14-20-18(24-21-14)8-4-7-17(23)19-13-5-6-15-9-11-16(12-10-15)22(2)3/h9-12H,4-8,13H2,1-3H3,(H,19,23). The molecule has 0 spiro atoms. The molecular weight excluding hydrogens is 304 g/mol. The van der Waals surface area contributed by atoms with Gasteiger partial charge in [-0.3, -0.25) is 4.79 Å². The maximum atomic E-state index is 11.8. The minimum absolute atomic E-state index is 0.0780. The van der Waals surface area contributed by atoms with Crippen LogP contribution in [0.5, 0.6) is 0 Å². The minimum atomic E-state index is 0.0780. The Morgan fingerprint density at radius 1 is 1.17 bits per heavy atom. The van der Waals surface area contributed by atoms with Crippen molar-refractivity contribution in [2.75, 3.05) is 25.5 Å². The van der Waals surface area contributed by atoms with Gasteiger partial charge in [-0.25, -0.2) is 0 Å². The van der Waals surface area contributed by atoms with Crippen LogP contribution in [0.1, 0.15) is 36.5 Å². The number of hydrogen-bond acceptors (Lipinski definition) is 5. The fourth-order valence-electron chi connectivity index (χ4n) is 2.41. The van der Waals surface area contributed by atoms with E-state index in [1.165, 1.54) is 11.3 Å². The van der Waals surface area contributed by atoms with E-state index in [1.54, 1.807) is 6.92 Å². The summed E-state index contributed by atoms with van der Waals surface area (Å²) in [7, 11) is 4.06. The Morgan fingerprint density at radius 3 is 2.54 bits per heavy atom. The van der Waals surface area contributed by atoms with Crippen molar-refractivity contribution >= 4 is 11.6 Å². The smallest absolute Gasteiger partial charge is 0.226 e. The molecule has 6 heteroatoms. The van der Waals surface area contributed by atoms with Gasteiger partial charge in [0.2, 0.25) is 11.8 Å². The highest BCUT2D eigenvalue weighted by molar-refractivity contribution is 5.75. The quantitative estimate of drug-likeness (QED) is 0.715. The summed E-state index contributed by atoms with van der Waals surface area (Å²) >= 11 is 0. The van der Waals surface area contributed by atoms with Crippen LogP contribution in [0.4, 0.5) is 5.69 Å². The third-order valence-electron chi connectivity index (χ3n) is 3.78. The van der Waals surface area contributed by atoms with Crippen molar-refractivity contribution in [3.05, 3.63) is 41.5 Å². The number of nitrogens with zero attached hydrogens (tertiary/aromatic N) is 3. The highest BCUT2D eigenvalue weighted by Gasteiger charge is 2.05. The van der Waals surface area contributed by atoms with Crippen molar-refractivity contribution in [1.82, 2.24) is 15.5 Å². The molecule has 0 saturated carbocycles. The van der Waals surface area contributed by atoms with Gasteiger partial charge in [0.15, 0.2) is 5.82 Å². The zero-order valence-corrected chi connectivity index (χ0v) is 14.7. The molecule has 2 rings (SSSR count). The third-order valence-corrected chi connectivity index (χ3v) is 3.78. The molecular formula is C18H26N4O2. The highest BCUT2D eigenvalue weighted by atomic mass is 16.5. The summed E-state index contributed by atoms with van der Waals surface area (Å²) in [6.45, 7) is 2.49. The first kappa shape index (κ1) is 18.0. The molecule has 1 aromatic heterocycles. The van der Waals surface area contributed by atoms with Crippen LogP contribution in [0, 0.1) is 6.92 Å². The predicted octanol–water partition coefficient (Wildman–Crippen LogP) is 2.52. The van der Waals surface area contributed by atoms with E-state index in [0.717, 1.165) is 19.3 Å². The maximum absolute atomic E-state index is 11.8. The van der Waals surface area contributed by atoms with Crippen molar-refractivity contribution in [2.45, 2.75) is 39.0 Å². The number of hydrogen-bond donors (Lipinski definition) is 1. The summed E-state index contributed by atoms with van der Waals surface area (Å²) < 4.78 is 5.02. The molecule has 2 aromatic rings. The fourth-order valence-corrected chi connectivity index (χ4v) is 2.41. The van der Waals surface area contributed by atoms with Gasteiger partial charge in [0.1, 0.15) is 0 Å². The van der Waals surface area contributed by atoms with Crippen LogP contribution in [0.15, 0.2) is 28.8 Å². The normalized spacial score (nSPS) is 10.6. The molecule has 0 aliphatic carbocycles. The van der Waals surface area contributed by atoms with E-state index in [-0.39, 0.29) is 5.91 Å². The van der Waals surface area contributed by atoms with Gasteiger partial charge in [-0.1, -0.05) is 17.3 Å². The lowest BCUT2D eigenvalue weighted by molar-refractivity contribution is -0.121. The molecule has 1 N–H and O–H groups in total. The Bertz CT molecular complexity index is 635. The Morgan fingerprint density at radius 2 is 1.92 bits per heavy atom. The Kier molecular flexibility index (Phi) is 6.78. The van der Waals surface area contributed by atoms with Crippen molar-refractivity contribution in [1.29, 1.82) is 0 Å². The number of carbonyl (C=O) groups excluding carboxylic acids is 1. The van der Waals surface area contributed by atoms with Crippen LogP contribution >= 0.6 is 0 Å². The summed E-state index contributed by atoms with van der Waals surface area (Å²) in [6, 6.07) is 8.52. The molecule has 1 amide bonds. The molecule has 0 fully saturated rings. The SMILES string of the molecule is Cc1noc(CCCC(=O)NCCCc2ccc(N(C)C)cc2)n1. The monoisotopic (exact) mass is 330 g/mol. The second-order valence-corrected chi connectivity index (χ2v) is 6.10. The van der Waals surface area contributed by atoms with E-state index in [2.05, 4.69) is 44.6 Å².